The van der Waals surface area contributed by atoms with Crippen LogP contribution in [0.25, 0.3) is 0 Å². The molecule has 0 spiro atoms. The van der Waals surface area contributed by atoms with Crippen LogP contribution in [0.2, 0.25) is 3.34 Å². The first-order valence-corrected chi connectivity index (χ1v) is 25.4. The maximum atomic E-state index is 2.63. The second-order valence-electron chi connectivity index (χ2n) is 20.7. The smallest absolute Gasteiger partial charge is 1.00 e. The molecule has 4 rings (SSSR count). The quantitative estimate of drug-likeness (QED) is 0.108. The minimum Gasteiger partial charge on any atom is -1.00 e. The zero-order valence-electron chi connectivity index (χ0n) is 47.2. The van der Waals surface area contributed by atoms with E-state index in [0.29, 0.717) is 0 Å². The van der Waals surface area contributed by atoms with Gasteiger partial charge in [0.2, 0.25) is 0 Å². The topological polar surface area (TPSA) is 38.9 Å². The molecule has 68 heavy (non-hydrogen) atoms. The predicted molar refractivity (Wildman–Crippen MR) is 295 cm³/mol. The van der Waals surface area contributed by atoms with Gasteiger partial charge in [0, 0.05) is 0 Å². The van der Waals surface area contributed by atoms with Gasteiger partial charge in [-0.15, -0.1) is 0 Å². The van der Waals surface area contributed by atoms with Gasteiger partial charge < -0.3 is 37.2 Å². The monoisotopic (exact) mass is 1050 g/mol. The molecule has 0 N–H and O–H groups in total. The molecule has 0 aliphatic heterocycles. The molecule has 3 aromatic rings. The van der Waals surface area contributed by atoms with Crippen molar-refractivity contribution in [2.24, 2.45) is 0 Å². The second kappa shape index (κ2) is 22.7. The first-order valence-electron chi connectivity index (χ1n) is 22.6. The maximum Gasteiger partial charge on any atom is -1.00 e. The summed E-state index contributed by atoms with van der Waals surface area (Å²) >= 11 is 2.63. The van der Waals surface area contributed by atoms with Crippen LogP contribution in [0.5, 0.6) is 0 Å². The van der Waals surface area contributed by atoms with E-state index in [2.05, 4.69) is 294 Å². The van der Waals surface area contributed by atoms with Crippen LogP contribution < -0.4 is 112 Å². The summed E-state index contributed by atoms with van der Waals surface area (Å²) in [6.45, 7) is 9.64. The van der Waals surface area contributed by atoms with Crippen molar-refractivity contribution in [1.29, 1.82) is 0 Å². The Bertz CT molecular complexity index is 2120. The van der Waals surface area contributed by atoms with Crippen LogP contribution in [0, 0.1) is 0 Å². The molecule has 17 heteroatoms. The summed E-state index contributed by atoms with van der Waals surface area (Å²) in [6.07, 6.45) is 0. The molecular weight excluding hydrogens is 963 g/mol. The summed E-state index contributed by atoms with van der Waals surface area (Å²) in [5, 5.41) is 4.11. The van der Waals surface area contributed by atoms with Gasteiger partial charge in [0.1, 0.15) is 0 Å². The Balaban J connectivity index is 0.00000771. The molecule has 12 nitrogen and oxygen atoms in total. The molecule has 380 valence electrons. The molecule has 0 bridgehead atoms. The first kappa shape index (κ1) is 62.6. The van der Waals surface area contributed by atoms with Crippen LogP contribution in [-0.2, 0) is 20.4 Å². The number of hydrogen-bond acceptors (Lipinski definition) is 12. The zero-order valence-corrected chi connectivity index (χ0v) is 52.1. The van der Waals surface area contributed by atoms with Crippen molar-refractivity contribution >= 4 is 91.9 Å². The molecule has 0 saturated carbocycles. The van der Waals surface area contributed by atoms with E-state index in [1.165, 1.54) is 106 Å². The predicted octanol–water partition coefficient (Wildman–Crippen LogP) is -3.11. The SMILES string of the molecule is CC1=C(C)[C]([Ti+3])([Si](c2cc(N(C)C)c(N(C)C)c(N(C)C)c2N(C)C)(c2cc(N(C)C)c(N(C)C)c(N(C)C)c2N(C)C)c2cc(N(C)C)c(N(C)C)c(N(C)C)c2N(C)C)C(C)=C1C.[Cl-].[Cl-].[Cl-]. The Kier molecular flexibility index (Phi) is 20.9. The standard InChI is InChI=1S/C51H87N12Si.3ClH.Ti/c1-32-33(2)35(4)51(34(32)3)64(39-29-36(52(5)6)42(55(11)12)48(61(23)24)45(39)58(17)18,40-30-37(53(7)8)43(56(13)14)49(62(25)26)46(40)59(19)20)41-31-38(54(9)10)44(57(15)16)50(63(27)28)47(41)60(21)22;;;;/h29-31H,1-28H3;3*1H;/q;;;;+3/p-3. The van der Waals surface area contributed by atoms with Gasteiger partial charge in [0.25, 0.3) is 0 Å². The van der Waals surface area contributed by atoms with E-state index in [1.807, 2.05) is 0 Å². The summed E-state index contributed by atoms with van der Waals surface area (Å²) in [5.74, 6) is 0. The van der Waals surface area contributed by atoms with Crippen molar-refractivity contribution in [2.75, 3.05) is 228 Å². The van der Waals surface area contributed by atoms with Gasteiger partial charge in [-0.25, -0.2) is 0 Å². The number of hydrogen-bond donors (Lipinski definition) is 0. The van der Waals surface area contributed by atoms with E-state index in [-0.39, 0.29) is 37.2 Å². The van der Waals surface area contributed by atoms with Gasteiger partial charge in [-0.2, -0.15) is 0 Å². The minimum absolute atomic E-state index is 0. The molecule has 0 radical (unpaired) electrons. The number of anilines is 12. The van der Waals surface area contributed by atoms with Crippen LogP contribution in [0.15, 0.2) is 40.5 Å². The molecule has 0 fully saturated rings. The summed E-state index contributed by atoms with van der Waals surface area (Å²) in [6, 6.07) is 7.85. The van der Waals surface area contributed by atoms with Crippen molar-refractivity contribution in [2.45, 2.75) is 31.0 Å². The molecule has 0 saturated heterocycles. The van der Waals surface area contributed by atoms with E-state index < -0.39 is 11.4 Å². The van der Waals surface area contributed by atoms with Gasteiger partial charge >= 0.3 is 412 Å². The fourth-order valence-electron chi connectivity index (χ4n) is 10.7. The van der Waals surface area contributed by atoms with Crippen LogP contribution >= 0.6 is 0 Å². The summed E-state index contributed by atoms with van der Waals surface area (Å²) in [4.78, 5) is 28.3. The van der Waals surface area contributed by atoms with Crippen molar-refractivity contribution in [1.82, 2.24) is 0 Å². The minimum atomic E-state index is -3.74. The number of rotatable bonds is 16. The Morgan fingerprint density at radius 2 is 0.471 bits per heavy atom. The van der Waals surface area contributed by atoms with Gasteiger partial charge in [-0.3, -0.25) is 0 Å². The fraction of sp³-hybridized carbons (Fsp3) is 0.569. The van der Waals surface area contributed by atoms with Crippen molar-refractivity contribution < 1.29 is 57.7 Å². The van der Waals surface area contributed by atoms with E-state index in [1.54, 1.807) is 0 Å². The van der Waals surface area contributed by atoms with Gasteiger partial charge in [-0.05, 0) is 0 Å². The number of allylic oxidation sites excluding steroid dienone is 4. The maximum absolute atomic E-state index is 3.74. The number of nitrogens with zero attached hydrogens (tertiary/aromatic N) is 12. The van der Waals surface area contributed by atoms with Gasteiger partial charge in [-0.1, -0.05) is 0 Å². The molecule has 0 amide bonds. The van der Waals surface area contributed by atoms with Crippen molar-refractivity contribution in [3.63, 3.8) is 0 Å². The third-order valence-electron chi connectivity index (χ3n) is 13.7. The molecule has 1 aliphatic carbocycles. The Hall–Kier alpha value is -3.46. The molecule has 3 aromatic carbocycles. The average molecular weight is 1050 g/mol. The Morgan fingerprint density at radius 3 is 0.618 bits per heavy atom. The largest absolute Gasteiger partial charge is 1.00 e. The summed E-state index contributed by atoms with van der Waals surface area (Å²) < 4.78 is -0.492. The molecule has 0 atom stereocenters. The fourth-order valence-corrected chi connectivity index (χ4v) is 20.0. The normalized spacial score (nSPS) is 13.0. The van der Waals surface area contributed by atoms with Crippen LogP contribution in [0.4, 0.5) is 68.2 Å². The van der Waals surface area contributed by atoms with E-state index >= 15 is 0 Å². The third-order valence-corrected chi connectivity index (χ3v) is 22.1. The Morgan fingerprint density at radius 1 is 0.294 bits per heavy atom. The van der Waals surface area contributed by atoms with Crippen LogP contribution in [-0.4, -0.2) is 177 Å². The summed E-state index contributed by atoms with van der Waals surface area (Å²) in [5.41, 5.74) is 20.0. The third kappa shape index (κ3) is 9.79. The average Bonchev–Trinajstić information content (AvgIpc) is 3.33. The summed E-state index contributed by atoms with van der Waals surface area (Å²) in [7, 11) is 49.6. The molecule has 1 aliphatic rings. The molecular formula is C51H87Cl3N12SiTi. The Labute approximate surface area is 446 Å². The van der Waals surface area contributed by atoms with Crippen LogP contribution in [0.1, 0.15) is 27.7 Å². The van der Waals surface area contributed by atoms with E-state index in [0.717, 1.165) is 0 Å². The van der Waals surface area contributed by atoms with Gasteiger partial charge in [0.15, 0.2) is 0 Å². The first-order chi connectivity index (χ1) is 29.8. The van der Waals surface area contributed by atoms with E-state index in [9.17, 15) is 0 Å². The molecule has 0 aromatic heterocycles. The number of halogens is 3. The second-order valence-corrected chi connectivity index (χ2v) is 26.5. The van der Waals surface area contributed by atoms with Crippen molar-refractivity contribution in [3.8, 4) is 0 Å². The van der Waals surface area contributed by atoms with E-state index in [4.69, 9.17) is 0 Å². The zero-order chi connectivity index (χ0) is 50.0. The van der Waals surface area contributed by atoms with Gasteiger partial charge in [0.05, 0.1) is 0 Å². The molecule has 0 heterocycles. The molecule has 0 unspecified atom stereocenters. The van der Waals surface area contributed by atoms with Crippen LogP contribution in [0.3, 0.4) is 0 Å². The van der Waals surface area contributed by atoms with Crippen molar-refractivity contribution in [3.05, 3.63) is 40.5 Å². The number of benzene rings is 3.